The van der Waals surface area contributed by atoms with E-state index in [9.17, 15) is 0 Å². The monoisotopic (exact) mass is 641 g/mol. The van der Waals surface area contributed by atoms with Crippen LogP contribution in [0.15, 0.2) is 164 Å². The van der Waals surface area contributed by atoms with E-state index < -0.39 is 0 Å². The fourth-order valence-electron chi connectivity index (χ4n) is 7.22. The zero-order valence-corrected chi connectivity index (χ0v) is 26.7. The number of fused-ring (bicyclic) bond motifs is 6. The van der Waals surface area contributed by atoms with Gasteiger partial charge in [0.15, 0.2) is 17.5 Å². The standard InChI is InChI=1S/C43H27N7/c1-5-19-35-30(14-1)31-15-2-6-20-36(31)49(35)39-23-9-18-34(40(39)50-37-21-7-3-16-32(37)33-17-4-8-22-38(33)50)43-47-41(28-12-10-24-44-26-28)46-42(48-43)29-13-11-25-45-27-29/h1-27H. The van der Waals surface area contributed by atoms with Crippen molar-refractivity contribution >= 4 is 43.6 Å². The molecule has 0 aliphatic rings. The van der Waals surface area contributed by atoms with Crippen LogP contribution in [0.3, 0.4) is 0 Å². The van der Waals surface area contributed by atoms with E-state index in [4.69, 9.17) is 15.0 Å². The van der Waals surface area contributed by atoms with Crippen LogP contribution in [0.25, 0.3) is 89.2 Å². The SMILES string of the molecule is c1cncc(-c2nc(-c3cccnc3)nc(-c3cccc(-n4c5ccccc5c5ccccc54)c3-n3c4ccccc4c4ccccc43)n2)c1. The van der Waals surface area contributed by atoms with Gasteiger partial charge in [0.2, 0.25) is 0 Å². The third-order valence-corrected chi connectivity index (χ3v) is 9.36. The summed E-state index contributed by atoms with van der Waals surface area (Å²) in [6.07, 6.45) is 7.08. The van der Waals surface area contributed by atoms with Gasteiger partial charge in [-0.2, -0.15) is 0 Å². The van der Waals surface area contributed by atoms with Crippen LogP contribution < -0.4 is 0 Å². The summed E-state index contributed by atoms with van der Waals surface area (Å²) in [4.78, 5) is 24.0. The molecule has 50 heavy (non-hydrogen) atoms. The summed E-state index contributed by atoms with van der Waals surface area (Å²) < 4.78 is 4.74. The summed E-state index contributed by atoms with van der Waals surface area (Å²) in [6.45, 7) is 0. The van der Waals surface area contributed by atoms with Crippen LogP contribution in [0.1, 0.15) is 0 Å². The molecule has 5 heterocycles. The Morgan fingerprint density at radius 2 is 0.800 bits per heavy atom. The number of pyridine rings is 2. The first-order valence-electron chi connectivity index (χ1n) is 16.5. The normalized spacial score (nSPS) is 11.6. The molecule has 0 unspecified atom stereocenters. The topological polar surface area (TPSA) is 74.3 Å². The van der Waals surface area contributed by atoms with Gasteiger partial charge in [-0.3, -0.25) is 9.97 Å². The first-order chi connectivity index (χ1) is 24.8. The average molecular weight is 642 g/mol. The zero-order valence-electron chi connectivity index (χ0n) is 26.7. The smallest absolute Gasteiger partial charge is 0.166 e. The van der Waals surface area contributed by atoms with Crippen molar-refractivity contribution in [3.05, 3.63) is 164 Å². The van der Waals surface area contributed by atoms with Crippen LogP contribution in [0.2, 0.25) is 0 Å². The van der Waals surface area contributed by atoms with E-state index in [0.29, 0.717) is 17.5 Å². The van der Waals surface area contributed by atoms with Crippen molar-refractivity contribution in [2.45, 2.75) is 0 Å². The lowest BCUT2D eigenvalue weighted by atomic mass is 10.1. The van der Waals surface area contributed by atoms with Gasteiger partial charge in [0, 0.05) is 63.0 Å². The Balaban J connectivity index is 1.37. The van der Waals surface area contributed by atoms with Gasteiger partial charge in [0.1, 0.15) is 0 Å². The molecule has 0 N–H and O–H groups in total. The molecule has 0 aliphatic heterocycles. The van der Waals surface area contributed by atoms with Crippen molar-refractivity contribution in [1.29, 1.82) is 0 Å². The van der Waals surface area contributed by atoms with Crippen molar-refractivity contribution in [1.82, 2.24) is 34.1 Å². The minimum absolute atomic E-state index is 0.539. The van der Waals surface area contributed by atoms with Crippen LogP contribution in [-0.4, -0.2) is 34.1 Å². The van der Waals surface area contributed by atoms with E-state index in [1.807, 2.05) is 24.3 Å². The first-order valence-corrected chi connectivity index (χ1v) is 16.5. The summed E-state index contributed by atoms with van der Waals surface area (Å²) >= 11 is 0. The summed E-state index contributed by atoms with van der Waals surface area (Å²) in [5.74, 6) is 1.63. The Hall–Kier alpha value is -6.99. The second-order valence-corrected chi connectivity index (χ2v) is 12.2. The fraction of sp³-hybridized carbons (Fsp3) is 0. The lowest BCUT2D eigenvalue weighted by Gasteiger charge is -2.20. The van der Waals surface area contributed by atoms with E-state index in [1.54, 1.807) is 24.8 Å². The molecule has 0 amide bonds. The molecule has 5 aromatic heterocycles. The van der Waals surface area contributed by atoms with Crippen molar-refractivity contribution in [2.75, 3.05) is 0 Å². The summed E-state index contributed by atoms with van der Waals surface area (Å²) in [5, 5.41) is 4.74. The molecule has 0 bridgehead atoms. The summed E-state index contributed by atoms with van der Waals surface area (Å²) in [5.41, 5.74) is 8.89. The molecule has 7 nitrogen and oxygen atoms in total. The molecule has 0 aliphatic carbocycles. The molecule has 234 valence electrons. The molecule has 0 radical (unpaired) electrons. The van der Waals surface area contributed by atoms with Crippen LogP contribution in [-0.2, 0) is 0 Å². The highest BCUT2D eigenvalue weighted by atomic mass is 15.1. The maximum atomic E-state index is 5.17. The summed E-state index contributed by atoms with van der Waals surface area (Å²) in [6, 6.07) is 48.6. The number of aromatic nitrogens is 7. The minimum atomic E-state index is 0.539. The molecule has 10 aromatic rings. The van der Waals surface area contributed by atoms with Crippen LogP contribution in [0, 0.1) is 0 Å². The predicted octanol–water partition coefficient (Wildman–Crippen LogP) is 9.86. The lowest BCUT2D eigenvalue weighted by molar-refractivity contribution is 1.05. The van der Waals surface area contributed by atoms with E-state index in [2.05, 4.69) is 134 Å². The minimum Gasteiger partial charge on any atom is -0.307 e. The van der Waals surface area contributed by atoms with Gasteiger partial charge < -0.3 is 9.13 Å². The molecule has 0 atom stereocenters. The summed E-state index contributed by atoms with van der Waals surface area (Å²) in [7, 11) is 0. The number of rotatable bonds is 5. The largest absolute Gasteiger partial charge is 0.307 e. The number of benzene rings is 5. The number of hydrogen-bond acceptors (Lipinski definition) is 5. The van der Waals surface area contributed by atoms with Crippen LogP contribution in [0.4, 0.5) is 0 Å². The fourth-order valence-corrected chi connectivity index (χ4v) is 7.22. The van der Waals surface area contributed by atoms with Crippen molar-refractivity contribution in [2.24, 2.45) is 0 Å². The maximum absolute atomic E-state index is 5.17. The quantitative estimate of drug-likeness (QED) is 0.187. The number of nitrogens with zero attached hydrogens (tertiary/aromatic N) is 7. The van der Waals surface area contributed by atoms with Gasteiger partial charge in [-0.15, -0.1) is 0 Å². The maximum Gasteiger partial charge on any atom is 0.166 e. The van der Waals surface area contributed by atoms with E-state index in [0.717, 1.165) is 50.1 Å². The third-order valence-electron chi connectivity index (χ3n) is 9.36. The lowest BCUT2D eigenvalue weighted by Crippen LogP contribution is -2.08. The van der Waals surface area contributed by atoms with Crippen molar-refractivity contribution < 1.29 is 0 Å². The van der Waals surface area contributed by atoms with Crippen LogP contribution in [0.5, 0.6) is 0 Å². The van der Waals surface area contributed by atoms with Gasteiger partial charge in [-0.25, -0.2) is 15.0 Å². The van der Waals surface area contributed by atoms with Crippen LogP contribution >= 0.6 is 0 Å². The molecule has 10 rings (SSSR count). The molecular weight excluding hydrogens is 615 g/mol. The van der Waals surface area contributed by atoms with E-state index in [-0.39, 0.29) is 0 Å². The highest BCUT2D eigenvalue weighted by molar-refractivity contribution is 6.12. The van der Waals surface area contributed by atoms with Crippen molar-refractivity contribution in [3.63, 3.8) is 0 Å². The Bertz CT molecular complexity index is 2710. The van der Waals surface area contributed by atoms with Gasteiger partial charge in [0.05, 0.1) is 33.4 Å². The Morgan fingerprint density at radius 1 is 0.360 bits per heavy atom. The molecular formula is C43H27N7. The van der Waals surface area contributed by atoms with Crippen molar-refractivity contribution in [3.8, 4) is 45.5 Å². The van der Waals surface area contributed by atoms with Gasteiger partial charge in [0.25, 0.3) is 0 Å². The van der Waals surface area contributed by atoms with Gasteiger partial charge in [-0.1, -0.05) is 78.9 Å². The zero-order chi connectivity index (χ0) is 33.0. The second-order valence-electron chi connectivity index (χ2n) is 12.2. The molecule has 7 heteroatoms. The van der Waals surface area contributed by atoms with Gasteiger partial charge >= 0.3 is 0 Å². The van der Waals surface area contributed by atoms with Gasteiger partial charge in [-0.05, 0) is 60.7 Å². The molecule has 0 saturated carbocycles. The van der Waals surface area contributed by atoms with E-state index in [1.165, 1.54) is 21.5 Å². The molecule has 0 fully saturated rings. The highest BCUT2D eigenvalue weighted by Gasteiger charge is 2.24. The number of para-hydroxylation sites is 5. The highest BCUT2D eigenvalue weighted by Crippen LogP contribution is 2.41. The Labute approximate surface area is 286 Å². The first kappa shape index (κ1) is 28.1. The predicted molar refractivity (Wildman–Crippen MR) is 200 cm³/mol. The Kier molecular flexibility index (Phi) is 6.35. The van der Waals surface area contributed by atoms with E-state index >= 15 is 0 Å². The second kappa shape index (κ2) is 11.3. The number of hydrogen-bond donors (Lipinski definition) is 0. The molecule has 0 saturated heterocycles. The molecule has 5 aromatic carbocycles. The molecule has 0 spiro atoms. The Morgan fingerprint density at radius 3 is 1.26 bits per heavy atom. The third kappa shape index (κ3) is 4.34. The average Bonchev–Trinajstić information content (AvgIpc) is 3.71.